The quantitative estimate of drug-likeness (QED) is 0.628. The molecule has 0 atom stereocenters. The molecule has 140 valence electrons. The summed E-state index contributed by atoms with van der Waals surface area (Å²) in [6.45, 7) is 5.81. The molecule has 0 bridgehead atoms. The molecule has 0 radical (unpaired) electrons. The normalized spacial score (nSPS) is 16.7. The molecule has 0 saturated carbocycles. The fourth-order valence-corrected chi connectivity index (χ4v) is 3.23. The summed E-state index contributed by atoms with van der Waals surface area (Å²) in [5, 5.41) is 15.1. The number of guanidine groups is 1. The molecule has 26 heavy (non-hydrogen) atoms. The van der Waals surface area contributed by atoms with Crippen LogP contribution in [0.3, 0.4) is 0 Å². The summed E-state index contributed by atoms with van der Waals surface area (Å²) in [7, 11) is 3.78. The lowest BCUT2D eigenvalue weighted by Crippen LogP contribution is -2.48. The fourth-order valence-electron chi connectivity index (χ4n) is 3.23. The summed E-state index contributed by atoms with van der Waals surface area (Å²) >= 11 is 0. The summed E-state index contributed by atoms with van der Waals surface area (Å²) in [5.41, 5.74) is 1.38. The SMILES string of the molecule is CN=C(NCc1nnc(C)n1C)NC1CCN(Cc2ccccc2)CC1. The van der Waals surface area contributed by atoms with Gasteiger partial charge in [0.2, 0.25) is 0 Å². The van der Waals surface area contributed by atoms with E-state index in [1.54, 1.807) is 0 Å². The van der Waals surface area contributed by atoms with Gasteiger partial charge in [0.25, 0.3) is 0 Å². The average molecular weight is 355 g/mol. The number of rotatable bonds is 5. The van der Waals surface area contributed by atoms with E-state index in [1.807, 2.05) is 25.6 Å². The molecule has 1 fully saturated rings. The van der Waals surface area contributed by atoms with Gasteiger partial charge in [-0.3, -0.25) is 9.89 Å². The zero-order chi connectivity index (χ0) is 18.4. The number of nitrogens with one attached hydrogen (secondary N) is 2. The van der Waals surface area contributed by atoms with Gasteiger partial charge >= 0.3 is 0 Å². The molecule has 2 aromatic rings. The van der Waals surface area contributed by atoms with Crippen LogP contribution >= 0.6 is 0 Å². The van der Waals surface area contributed by atoms with E-state index in [0.717, 1.165) is 50.1 Å². The number of piperidine rings is 1. The Bertz CT molecular complexity index is 715. The molecule has 7 nitrogen and oxygen atoms in total. The summed E-state index contributed by atoms with van der Waals surface area (Å²) in [4.78, 5) is 6.86. The lowest BCUT2D eigenvalue weighted by Gasteiger charge is -2.33. The minimum atomic E-state index is 0.453. The molecule has 2 heterocycles. The van der Waals surface area contributed by atoms with Crippen molar-refractivity contribution in [2.24, 2.45) is 12.0 Å². The average Bonchev–Trinajstić information content (AvgIpc) is 2.99. The molecule has 1 saturated heterocycles. The second kappa shape index (κ2) is 8.80. The van der Waals surface area contributed by atoms with E-state index in [1.165, 1.54) is 5.56 Å². The first kappa shape index (κ1) is 18.4. The highest BCUT2D eigenvalue weighted by Gasteiger charge is 2.20. The zero-order valence-electron chi connectivity index (χ0n) is 15.9. The molecular weight excluding hydrogens is 326 g/mol. The Morgan fingerprint density at radius 3 is 2.54 bits per heavy atom. The van der Waals surface area contributed by atoms with E-state index in [9.17, 15) is 0 Å². The van der Waals surface area contributed by atoms with Gasteiger partial charge in [0.05, 0.1) is 6.54 Å². The lowest BCUT2D eigenvalue weighted by molar-refractivity contribution is 0.198. The second-order valence-electron chi connectivity index (χ2n) is 6.83. The third-order valence-corrected chi connectivity index (χ3v) is 5.00. The first-order valence-corrected chi connectivity index (χ1v) is 9.24. The van der Waals surface area contributed by atoms with Crippen LogP contribution in [0.1, 0.15) is 30.1 Å². The van der Waals surface area contributed by atoms with Crippen molar-refractivity contribution in [2.75, 3.05) is 20.1 Å². The number of aryl methyl sites for hydroxylation is 1. The molecule has 0 aliphatic carbocycles. The van der Waals surface area contributed by atoms with Gasteiger partial charge in [-0.2, -0.15) is 0 Å². The van der Waals surface area contributed by atoms with Crippen LogP contribution in [0.15, 0.2) is 35.3 Å². The summed E-state index contributed by atoms with van der Waals surface area (Å²) in [5.74, 6) is 2.64. The number of nitrogens with zero attached hydrogens (tertiary/aromatic N) is 5. The molecule has 7 heteroatoms. The van der Waals surface area contributed by atoms with Gasteiger partial charge < -0.3 is 15.2 Å². The van der Waals surface area contributed by atoms with Crippen LogP contribution in [0.4, 0.5) is 0 Å². The van der Waals surface area contributed by atoms with Gasteiger partial charge in [0, 0.05) is 39.8 Å². The first-order valence-electron chi connectivity index (χ1n) is 9.24. The molecule has 0 unspecified atom stereocenters. The fraction of sp³-hybridized carbons (Fsp3) is 0.526. The van der Waals surface area contributed by atoms with Gasteiger partial charge in [0.1, 0.15) is 5.82 Å². The third kappa shape index (κ3) is 4.82. The number of likely N-dealkylation sites (tertiary alicyclic amines) is 1. The Morgan fingerprint density at radius 2 is 1.92 bits per heavy atom. The molecule has 2 N–H and O–H groups in total. The van der Waals surface area contributed by atoms with Crippen molar-refractivity contribution in [1.82, 2.24) is 30.3 Å². The van der Waals surface area contributed by atoms with Crippen molar-refractivity contribution in [3.05, 3.63) is 47.5 Å². The van der Waals surface area contributed by atoms with E-state index >= 15 is 0 Å². The number of hydrogen-bond acceptors (Lipinski definition) is 4. The highest BCUT2D eigenvalue weighted by molar-refractivity contribution is 5.79. The Morgan fingerprint density at radius 1 is 1.19 bits per heavy atom. The topological polar surface area (TPSA) is 70.4 Å². The van der Waals surface area contributed by atoms with Crippen molar-refractivity contribution in [1.29, 1.82) is 0 Å². The highest BCUT2D eigenvalue weighted by atomic mass is 15.3. The van der Waals surface area contributed by atoms with Crippen molar-refractivity contribution in [2.45, 2.75) is 38.9 Å². The number of aliphatic imine (C=N–C) groups is 1. The van der Waals surface area contributed by atoms with Crippen molar-refractivity contribution < 1.29 is 0 Å². The highest BCUT2D eigenvalue weighted by Crippen LogP contribution is 2.13. The molecule has 3 rings (SSSR count). The molecule has 1 aliphatic rings. The van der Waals surface area contributed by atoms with Crippen molar-refractivity contribution >= 4 is 5.96 Å². The molecule has 1 aromatic carbocycles. The van der Waals surface area contributed by atoms with E-state index in [0.29, 0.717) is 12.6 Å². The minimum absolute atomic E-state index is 0.453. The summed E-state index contributed by atoms with van der Waals surface area (Å²) in [6, 6.07) is 11.1. The van der Waals surface area contributed by atoms with Gasteiger partial charge in [0.15, 0.2) is 11.8 Å². The minimum Gasteiger partial charge on any atom is -0.354 e. The third-order valence-electron chi connectivity index (χ3n) is 5.00. The predicted octanol–water partition coefficient (Wildman–Crippen LogP) is 1.45. The van der Waals surface area contributed by atoms with Crippen LogP contribution in [-0.2, 0) is 20.1 Å². The largest absolute Gasteiger partial charge is 0.354 e. The Kier molecular flexibility index (Phi) is 6.22. The molecule has 0 amide bonds. The number of benzene rings is 1. The second-order valence-corrected chi connectivity index (χ2v) is 6.83. The summed E-state index contributed by atoms with van der Waals surface area (Å²) < 4.78 is 1.99. The summed E-state index contributed by atoms with van der Waals surface area (Å²) in [6.07, 6.45) is 2.24. The van der Waals surface area contributed by atoms with Crippen LogP contribution < -0.4 is 10.6 Å². The molecular formula is C19H29N7. The van der Waals surface area contributed by atoms with E-state index < -0.39 is 0 Å². The predicted molar refractivity (Wildman–Crippen MR) is 104 cm³/mol. The van der Waals surface area contributed by atoms with Crippen molar-refractivity contribution in [3.8, 4) is 0 Å². The first-order chi connectivity index (χ1) is 12.7. The molecule has 0 spiro atoms. The maximum absolute atomic E-state index is 4.34. The van der Waals surface area contributed by atoms with Crippen LogP contribution in [0.2, 0.25) is 0 Å². The van der Waals surface area contributed by atoms with Crippen LogP contribution in [0, 0.1) is 6.92 Å². The maximum atomic E-state index is 4.34. The molecule has 1 aromatic heterocycles. The van der Waals surface area contributed by atoms with Crippen molar-refractivity contribution in [3.63, 3.8) is 0 Å². The zero-order valence-corrected chi connectivity index (χ0v) is 15.9. The van der Waals surface area contributed by atoms with E-state index in [4.69, 9.17) is 0 Å². The standard InChI is InChI=1S/C19H29N7/c1-15-23-24-18(25(15)3)13-21-19(20-2)22-17-9-11-26(12-10-17)14-16-7-5-4-6-8-16/h4-8,17H,9-14H2,1-3H3,(H2,20,21,22). The Balaban J connectivity index is 1.43. The van der Waals surface area contributed by atoms with Gasteiger partial charge in [-0.1, -0.05) is 30.3 Å². The van der Waals surface area contributed by atoms with Crippen LogP contribution in [-0.4, -0.2) is 51.8 Å². The Hall–Kier alpha value is -2.41. The van der Waals surface area contributed by atoms with Gasteiger partial charge in [-0.25, -0.2) is 0 Å². The van der Waals surface area contributed by atoms with Gasteiger partial charge in [-0.15, -0.1) is 10.2 Å². The van der Waals surface area contributed by atoms with Crippen LogP contribution in [0.25, 0.3) is 0 Å². The van der Waals surface area contributed by atoms with Gasteiger partial charge in [-0.05, 0) is 25.3 Å². The smallest absolute Gasteiger partial charge is 0.191 e. The monoisotopic (exact) mass is 355 g/mol. The lowest BCUT2D eigenvalue weighted by atomic mass is 10.0. The Labute approximate surface area is 155 Å². The van der Waals surface area contributed by atoms with E-state index in [2.05, 4.69) is 61.1 Å². The number of hydrogen-bond donors (Lipinski definition) is 2. The van der Waals surface area contributed by atoms with Crippen LogP contribution in [0.5, 0.6) is 0 Å². The number of aromatic nitrogens is 3. The maximum Gasteiger partial charge on any atom is 0.191 e. The molecule has 1 aliphatic heterocycles. The van der Waals surface area contributed by atoms with E-state index in [-0.39, 0.29) is 0 Å².